The van der Waals surface area contributed by atoms with Crippen molar-refractivity contribution in [1.29, 1.82) is 0 Å². The van der Waals surface area contributed by atoms with E-state index >= 15 is 0 Å². The maximum absolute atomic E-state index is 6.09. The average Bonchev–Trinajstić information content (AvgIpc) is 2.94. The predicted molar refractivity (Wildman–Crippen MR) is 78.0 cm³/mol. The number of aromatic nitrogens is 2. The number of anilines is 2. The minimum atomic E-state index is 0.241. The number of hydrogen-bond donors (Lipinski definition) is 2. The zero-order chi connectivity index (χ0) is 13.1. The Bertz CT molecular complexity index is 501. The number of nitrogens with two attached hydrogens (primary N) is 1. The molecule has 2 aromatic heterocycles. The zero-order valence-corrected chi connectivity index (χ0v) is 11.9. The van der Waals surface area contributed by atoms with Crippen molar-refractivity contribution in [2.75, 3.05) is 11.1 Å². The van der Waals surface area contributed by atoms with E-state index in [1.54, 1.807) is 11.3 Å². The largest absolute Gasteiger partial charge is 0.394 e. The second-order valence-corrected chi connectivity index (χ2v) is 5.27. The van der Waals surface area contributed by atoms with Gasteiger partial charge in [0.25, 0.3) is 0 Å². The van der Waals surface area contributed by atoms with E-state index in [9.17, 15) is 0 Å². The van der Waals surface area contributed by atoms with E-state index in [0.717, 1.165) is 30.2 Å². The Morgan fingerprint density at radius 1 is 1.56 bits per heavy atom. The van der Waals surface area contributed by atoms with Crippen LogP contribution < -0.4 is 11.1 Å². The van der Waals surface area contributed by atoms with Gasteiger partial charge < -0.3 is 11.1 Å². The standard InChI is InChI=1S/C13H20N4S/c1-4-6-17-13(12(14)10(3)16-17)15-9(2)11-5-7-18-8-11/h5,7-9,15H,4,6,14H2,1-3H3. The topological polar surface area (TPSA) is 55.9 Å². The molecule has 5 heteroatoms. The fourth-order valence-corrected chi connectivity index (χ4v) is 2.69. The highest BCUT2D eigenvalue weighted by molar-refractivity contribution is 7.07. The van der Waals surface area contributed by atoms with E-state index in [1.165, 1.54) is 5.56 Å². The smallest absolute Gasteiger partial charge is 0.148 e. The number of thiophene rings is 1. The Kier molecular flexibility index (Phi) is 3.91. The van der Waals surface area contributed by atoms with Crippen LogP contribution in [0.1, 0.15) is 37.6 Å². The molecule has 3 N–H and O–H groups in total. The van der Waals surface area contributed by atoms with Crippen molar-refractivity contribution in [2.24, 2.45) is 0 Å². The summed E-state index contributed by atoms with van der Waals surface area (Å²) in [7, 11) is 0. The van der Waals surface area contributed by atoms with Gasteiger partial charge in [-0.1, -0.05) is 6.92 Å². The van der Waals surface area contributed by atoms with Crippen LogP contribution in [0.3, 0.4) is 0 Å². The van der Waals surface area contributed by atoms with E-state index in [2.05, 4.69) is 41.1 Å². The van der Waals surface area contributed by atoms with Gasteiger partial charge in [0.2, 0.25) is 0 Å². The lowest BCUT2D eigenvalue weighted by atomic mass is 10.2. The van der Waals surface area contributed by atoms with Gasteiger partial charge in [0.05, 0.1) is 17.4 Å². The molecule has 18 heavy (non-hydrogen) atoms. The summed E-state index contributed by atoms with van der Waals surface area (Å²) >= 11 is 1.71. The summed E-state index contributed by atoms with van der Waals surface area (Å²) in [4.78, 5) is 0. The SMILES string of the molecule is CCCn1nc(C)c(N)c1NC(C)c1ccsc1. The average molecular weight is 264 g/mol. The van der Waals surface area contributed by atoms with Crippen molar-refractivity contribution < 1.29 is 0 Å². The number of aryl methyl sites for hydroxylation is 2. The maximum Gasteiger partial charge on any atom is 0.148 e. The molecule has 2 rings (SSSR count). The van der Waals surface area contributed by atoms with Gasteiger partial charge in [-0.05, 0) is 42.7 Å². The van der Waals surface area contributed by atoms with Crippen LogP contribution in [0.25, 0.3) is 0 Å². The highest BCUT2D eigenvalue weighted by atomic mass is 32.1. The van der Waals surface area contributed by atoms with Gasteiger partial charge in [-0.25, -0.2) is 4.68 Å². The molecule has 0 aliphatic carbocycles. The van der Waals surface area contributed by atoms with Gasteiger partial charge >= 0.3 is 0 Å². The number of nitrogen functional groups attached to an aromatic ring is 1. The number of nitrogens with zero attached hydrogens (tertiary/aromatic N) is 2. The van der Waals surface area contributed by atoms with Crippen LogP contribution in [0.2, 0.25) is 0 Å². The molecule has 0 saturated heterocycles. The molecule has 4 nitrogen and oxygen atoms in total. The maximum atomic E-state index is 6.09. The van der Waals surface area contributed by atoms with Gasteiger partial charge in [0, 0.05) is 6.54 Å². The minimum absolute atomic E-state index is 0.241. The second kappa shape index (κ2) is 5.44. The van der Waals surface area contributed by atoms with E-state index in [-0.39, 0.29) is 6.04 Å². The van der Waals surface area contributed by atoms with E-state index in [1.807, 2.05) is 11.6 Å². The van der Waals surface area contributed by atoms with E-state index in [4.69, 9.17) is 5.73 Å². The van der Waals surface area contributed by atoms with Crippen molar-refractivity contribution in [2.45, 2.75) is 39.8 Å². The molecule has 0 radical (unpaired) electrons. The Morgan fingerprint density at radius 3 is 2.94 bits per heavy atom. The first-order valence-corrected chi connectivity index (χ1v) is 7.19. The first kappa shape index (κ1) is 13.0. The zero-order valence-electron chi connectivity index (χ0n) is 11.1. The van der Waals surface area contributed by atoms with Crippen LogP contribution in [0, 0.1) is 6.92 Å². The summed E-state index contributed by atoms with van der Waals surface area (Å²) in [5, 5.41) is 12.2. The van der Waals surface area contributed by atoms with Crippen LogP contribution in [-0.4, -0.2) is 9.78 Å². The molecule has 0 fully saturated rings. The Labute approximate surface area is 112 Å². The van der Waals surface area contributed by atoms with Gasteiger partial charge in [-0.15, -0.1) is 0 Å². The van der Waals surface area contributed by atoms with Gasteiger partial charge in [0.15, 0.2) is 0 Å². The highest BCUT2D eigenvalue weighted by Gasteiger charge is 2.15. The quantitative estimate of drug-likeness (QED) is 0.870. The Morgan fingerprint density at radius 2 is 2.33 bits per heavy atom. The molecule has 1 atom stereocenters. The fraction of sp³-hybridized carbons (Fsp3) is 0.462. The molecular weight excluding hydrogens is 244 g/mol. The van der Waals surface area contributed by atoms with Gasteiger partial charge in [0.1, 0.15) is 5.82 Å². The third-order valence-corrected chi connectivity index (χ3v) is 3.71. The molecule has 0 aliphatic rings. The van der Waals surface area contributed by atoms with Gasteiger partial charge in [-0.2, -0.15) is 16.4 Å². The van der Waals surface area contributed by atoms with Crippen LogP contribution in [-0.2, 0) is 6.54 Å². The molecule has 2 aromatic rings. The Balaban J connectivity index is 2.22. The molecule has 0 bridgehead atoms. The number of nitrogens with one attached hydrogen (secondary N) is 1. The third kappa shape index (κ3) is 2.51. The highest BCUT2D eigenvalue weighted by Crippen LogP contribution is 2.27. The molecule has 98 valence electrons. The van der Waals surface area contributed by atoms with Crippen molar-refractivity contribution in [3.8, 4) is 0 Å². The summed E-state index contributed by atoms with van der Waals surface area (Å²) in [6.45, 7) is 7.11. The van der Waals surface area contributed by atoms with E-state index in [0.29, 0.717) is 0 Å². The predicted octanol–water partition coefficient (Wildman–Crippen LogP) is 3.42. The first-order valence-electron chi connectivity index (χ1n) is 6.25. The van der Waals surface area contributed by atoms with E-state index < -0.39 is 0 Å². The summed E-state index contributed by atoms with van der Waals surface area (Å²) in [5.41, 5.74) is 9.02. The first-order chi connectivity index (χ1) is 8.63. The summed E-state index contributed by atoms with van der Waals surface area (Å²) in [6, 6.07) is 2.37. The molecule has 0 aliphatic heterocycles. The Hall–Kier alpha value is -1.49. The molecule has 0 spiro atoms. The lowest BCUT2D eigenvalue weighted by Gasteiger charge is -2.16. The molecule has 1 unspecified atom stereocenters. The van der Waals surface area contributed by atoms with Crippen molar-refractivity contribution in [1.82, 2.24) is 9.78 Å². The monoisotopic (exact) mass is 264 g/mol. The molecule has 0 aromatic carbocycles. The van der Waals surface area contributed by atoms with Crippen LogP contribution in [0.15, 0.2) is 16.8 Å². The van der Waals surface area contributed by atoms with Gasteiger partial charge in [-0.3, -0.25) is 0 Å². The normalized spacial score (nSPS) is 12.6. The summed E-state index contributed by atoms with van der Waals surface area (Å²) < 4.78 is 1.97. The lowest BCUT2D eigenvalue weighted by Crippen LogP contribution is -2.12. The van der Waals surface area contributed by atoms with Crippen molar-refractivity contribution in [3.05, 3.63) is 28.1 Å². The summed E-state index contributed by atoms with van der Waals surface area (Å²) in [6.07, 6.45) is 1.04. The third-order valence-electron chi connectivity index (χ3n) is 3.01. The summed E-state index contributed by atoms with van der Waals surface area (Å²) in [5.74, 6) is 0.938. The molecular formula is C13H20N4S. The van der Waals surface area contributed by atoms with Crippen LogP contribution >= 0.6 is 11.3 Å². The minimum Gasteiger partial charge on any atom is -0.394 e. The lowest BCUT2D eigenvalue weighted by molar-refractivity contribution is 0.599. The molecule has 2 heterocycles. The second-order valence-electron chi connectivity index (χ2n) is 4.49. The molecule has 0 amide bonds. The van der Waals surface area contributed by atoms with Crippen molar-refractivity contribution >= 4 is 22.8 Å². The number of hydrogen-bond acceptors (Lipinski definition) is 4. The van der Waals surface area contributed by atoms with Crippen LogP contribution in [0.5, 0.6) is 0 Å². The molecule has 0 saturated carbocycles. The van der Waals surface area contributed by atoms with Crippen molar-refractivity contribution in [3.63, 3.8) is 0 Å². The fourth-order valence-electron chi connectivity index (χ4n) is 1.93. The number of rotatable bonds is 5. The van der Waals surface area contributed by atoms with Crippen LogP contribution in [0.4, 0.5) is 11.5 Å².